The van der Waals surface area contributed by atoms with Crippen LogP contribution in [0.1, 0.15) is 15.9 Å². The van der Waals surface area contributed by atoms with Crippen LogP contribution in [0.5, 0.6) is 5.75 Å². The molecule has 24 heavy (non-hydrogen) atoms. The number of methoxy groups -OCH3 is 1. The average Bonchev–Trinajstić information content (AvgIpc) is 2.61. The molecule has 7 heteroatoms. The molecule has 2 aromatic carbocycles. The maximum Gasteiger partial charge on any atom is 0.319 e. The summed E-state index contributed by atoms with van der Waals surface area (Å²) in [6, 6.07) is 11.7. The van der Waals surface area contributed by atoms with E-state index in [9.17, 15) is 9.59 Å². The predicted molar refractivity (Wildman–Crippen MR) is 93.7 cm³/mol. The van der Waals surface area contributed by atoms with Crippen molar-refractivity contribution in [3.63, 3.8) is 0 Å². The van der Waals surface area contributed by atoms with E-state index < -0.39 is 6.03 Å². The quantitative estimate of drug-likeness (QED) is 0.777. The van der Waals surface area contributed by atoms with Crippen LogP contribution in [-0.4, -0.2) is 26.1 Å². The lowest BCUT2D eigenvalue weighted by Gasteiger charge is -2.11. The highest BCUT2D eigenvalue weighted by Crippen LogP contribution is 2.21. The Morgan fingerprint density at radius 3 is 2.62 bits per heavy atom. The number of carbonyl (C=O) groups excluding carboxylic acids is 2. The monoisotopic (exact) mass is 347 g/mol. The summed E-state index contributed by atoms with van der Waals surface area (Å²) in [6.07, 6.45) is 0. The van der Waals surface area contributed by atoms with E-state index in [0.29, 0.717) is 28.6 Å². The normalized spacial score (nSPS) is 9.96. The number of nitrogens with one attached hydrogen (secondary N) is 3. The topological polar surface area (TPSA) is 79.5 Å². The fourth-order valence-corrected chi connectivity index (χ4v) is 2.31. The summed E-state index contributed by atoms with van der Waals surface area (Å²) in [5.74, 6) is 0.379. The van der Waals surface area contributed by atoms with Gasteiger partial charge in [-0.15, -0.1) is 0 Å². The van der Waals surface area contributed by atoms with Crippen LogP contribution in [-0.2, 0) is 6.54 Å². The van der Waals surface area contributed by atoms with Crippen molar-refractivity contribution in [2.24, 2.45) is 0 Å². The van der Waals surface area contributed by atoms with Crippen LogP contribution in [0.25, 0.3) is 0 Å². The van der Waals surface area contributed by atoms with Crippen molar-refractivity contribution >= 4 is 29.2 Å². The maximum atomic E-state index is 12.0. The second-order valence-electron chi connectivity index (χ2n) is 4.89. The first-order valence-electron chi connectivity index (χ1n) is 7.23. The first-order valence-corrected chi connectivity index (χ1v) is 7.61. The molecule has 126 valence electrons. The number of halogens is 1. The summed E-state index contributed by atoms with van der Waals surface area (Å²) in [7, 11) is 3.09. The Morgan fingerprint density at radius 2 is 1.92 bits per heavy atom. The van der Waals surface area contributed by atoms with Gasteiger partial charge in [-0.25, -0.2) is 4.79 Å². The lowest BCUT2D eigenvalue weighted by atomic mass is 10.2. The molecule has 0 spiro atoms. The molecule has 0 unspecified atom stereocenters. The van der Waals surface area contributed by atoms with Crippen molar-refractivity contribution in [3.8, 4) is 5.75 Å². The van der Waals surface area contributed by atoms with E-state index >= 15 is 0 Å². The van der Waals surface area contributed by atoms with E-state index in [2.05, 4.69) is 16.0 Å². The number of anilines is 1. The van der Waals surface area contributed by atoms with Crippen LogP contribution in [0.4, 0.5) is 10.5 Å². The lowest BCUT2D eigenvalue weighted by molar-refractivity contribution is 0.0963. The number of urea groups is 1. The van der Waals surface area contributed by atoms with Gasteiger partial charge in [-0.3, -0.25) is 4.79 Å². The summed E-state index contributed by atoms with van der Waals surface area (Å²) in [4.78, 5) is 23.7. The van der Waals surface area contributed by atoms with Crippen molar-refractivity contribution in [1.29, 1.82) is 0 Å². The smallest absolute Gasteiger partial charge is 0.319 e. The molecule has 0 aliphatic heterocycles. The third-order valence-corrected chi connectivity index (χ3v) is 3.66. The molecule has 0 aromatic heterocycles. The fraction of sp³-hybridized carbons (Fsp3) is 0.176. The maximum absolute atomic E-state index is 12.0. The van der Waals surface area contributed by atoms with Crippen LogP contribution in [0.15, 0.2) is 42.5 Å². The van der Waals surface area contributed by atoms with Crippen LogP contribution in [0, 0.1) is 0 Å². The third kappa shape index (κ3) is 4.39. The highest BCUT2D eigenvalue weighted by molar-refractivity contribution is 6.34. The van der Waals surface area contributed by atoms with Crippen molar-refractivity contribution < 1.29 is 14.3 Å². The molecule has 6 nitrogen and oxygen atoms in total. The zero-order chi connectivity index (χ0) is 17.5. The summed E-state index contributed by atoms with van der Waals surface area (Å²) in [5.41, 5.74) is 1.62. The van der Waals surface area contributed by atoms with E-state index in [1.807, 2.05) is 24.3 Å². The molecular formula is C17H18ClN3O3. The highest BCUT2D eigenvalue weighted by atomic mass is 35.5. The van der Waals surface area contributed by atoms with Gasteiger partial charge in [-0.2, -0.15) is 0 Å². The van der Waals surface area contributed by atoms with Gasteiger partial charge >= 0.3 is 6.03 Å². The van der Waals surface area contributed by atoms with Gasteiger partial charge in [-0.05, 0) is 24.3 Å². The van der Waals surface area contributed by atoms with Gasteiger partial charge in [0.1, 0.15) is 5.75 Å². The van der Waals surface area contributed by atoms with Crippen LogP contribution < -0.4 is 20.7 Å². The molecule has 0 aliphatic rings. The van der Waals surface area contributed by atoms with Gasteiger partial charge in [0.05, 0.1) is 17.7 Å². The Bertz CT molecular complexity index is 750. The molecule has 0 saturated carbocycles. The van der Waals surface area contributed by atoms with Crippen molar-refractivity contribution in [2.75, 3.05) is 19.5 Å². The predicted octanol–water partition coefficient (Wildman–Crippen LogP) is 3.03. The zero-order valence-corrected chi connectivity index (χ0v) is 14.1. The van der Waals surface area contributed by atoms with Gasteiger partial charge in [-0.1, -0.05) is 29.8 Å². The molecule has 0 saturated heterocycles. The molecule has 0 heterocycles. The molecule has 2 aromatic rings. The minimum absolute atomic E-state index is 0.293. The zero-order valence-electron chi connectivity index (χ0n) is 13.4. The lowest BCUT2D eigenvalue weighted by Crippen LogP contribution is -2.28. The summed E-state index contributed by atoms with van der Waals surface area (Å²) in [5, 5.41) is 8.21. The molecule has 0 bridgehead atoms. The molecule has 3 amide bonds. The Labute approximate surface area is 145 Å². The molecule has 0 aliphatic carbocycles. The van der Waals surface area contributed by atoms with Gasteiger partial charge < -0.3 is 20.7 Å². The van der Waals surface area contributed by atoms with Crippen molar-refractivity contribution in [3.05, 3.63) is 58.6 Å². The average molecular weight is 348 g/mol. The van der Waals surface area contributed by atoms with Crippen LogP contribution >= 0.6 is 11.6 Å². The molecule has 3 N–H and O–H groups in total. The van der Waals surface area contributed by atoms with Crippen LogP contribution in [0.2, 0.25) is 5.02 Å². The first-order chi connectivity index (χ1) is 11.5. The Balaban J connectivity index is 2.01. The van der Waals surface area contributed by atoms with Gasteiger partial charge in [0.15, 0.2) is 0 Å². The number of hydrogen-bond donors (Lipinski definition) is 3. The standard InChI is InChI=1S/C17H18ClN3O3/c1-19-16(22)13-9-12(7-8-14(13)18)21-17(23)20-10-11-5-3-4-6-15(11)24-2/h3-9H,10H2,1-2H3,(H,19,22)(H2,20,21,23). The SMILES string of the molecule is CNC(=O)c1cc(NC(=O)NCc2ccccc2OC)ccc1Cl. The Kier molecular flexibility index (Phi) is 6.03. The van der Waals surface area contributed by atoms with Gasteiger partial charge in [0, 0.05) is 24.8 Å². The summed E-state index contributed by atoms with van der Waals surface area (Å²) >= 11 is 5.98. The van der Waals surface area contributed by atoms with E-state index in [1.54, 1.807) is 19.2 Å². The number of carbonyl (C=O) groups is 2. The molecular weight excluding hydrogens is 330 g/mol. The van der Waals surface area contributed by atoms with Gasteiger partial charge in [0.2, 0.25) is 0 Å². The van der Waals surface area contributed by atoms with Crippen LogP contribution in [0.3, 0.4) is 0 Å². The van der Waals surface area contributed by atoms with Crippen molar-refractivity contribution in [1.82, 2.24) is 10.6 Å². The Hall–Kier alpha value is -2.73. The minimum Gasteiger partial charge on any atom is -0.496 e. The number of hydrogen-bond acceptors (Lipinski definition) is 3. The van der Waals surface area contributed by atoms with Gasteiger partial charge in [0.25, 0.3) is 5.91 Å². The fourth-order valence-electron chi connectivity index (χ4n) is 2.11. The molecule has 2 rings (SSSR count). The second kappa shape index (κ2) is 8.21. The highest BCUT2D eigenvalue weighted by Gasteiger charge is 2.11. The first kappa shape index (κ1) is 17.6. The Morgan fingerprint density at radius 1 is 1.17 bits per heavy atom. The largest absolute Gasteiger partial charge is 0.496 e. The number of amides is 3. The molecule has 0 radical (unpaired) electrons. The van der Waals surface area contributed by atoms with E-state index in [0.717, 1.165) is 5.56 Å². The minimum atomic E-state index is -0.397. The number of para-hydroxylation sites is 1. The van der Waals surface area contributed by atoms with E-state index in [1.165, 1.54) is 13.1 Å². The number of benzene rings is 2. The summed E-state index contributed by atoms with van der Waals surface area (Å²) < 4.78 is 5.23. The van der Waals surface area contributed by atoms with Crippen molar-refractivity contribution in [2.45, 2.75) is 6.54 Å². The second-order valence-corrected chi connectivity index (χ2v) is 5.30. The number of rotatable bonds is 5. The number of ether oxygens (including phenoxy) is 1. The third-order valence-electron chi connectivity index (χ3n) is 3.33. The van der Waals surface area contributed by atoms with E-state index in [-0.39, 0.29) is 5.91 Å². The summed E-state index contributed by atoms with van der Waals surface area (Å²) in [6.45, 7) is 0.311. The molecule has 0 atom stereocenters. The van der Waals surface area contributed by atoms with E-state index in [4.69, 9.17) is 16.3 Å². The molecule has 0 fully saturated rings.